The number of rotatable bonds is 5. The Labute approximate surface area is 116 Å². The van der Waals surface area contributed by atoms with Gasteiger partial charge >= 0.3 is 0 Å². The highest BCUT2D eigenvalue weighted by Crippen LogP contribution is 2.14. The summed E-state index contributed by atoms with van der Waals surface area (Å²) in [7, 11) is 0. The Morgan fingerprint density at radius 3 is 2.68 bits per heavy atom. The van der Waals surface area contributed by atoms with E-state index < -0.39 is 0 Å². The largest absolute Gasteiger partial charge is 0.325 e. The minimum atomic E-state index is -0.195. The molecule has 0 saturated heterocycles. The van der Waals surface area contributed by atoms with Gasteiger partial charge in [0.05, 0.1) is 0 Å². The van der Waals surface area contributed by atoms with Gasteiger partial charge in [-0.25, -0.2) is 4.98 Å². The maximum Gasteiger partial charge on any atom is 0.275 e. The second-order valence-electron chi connectivity index (χ2n) is 4.23. The van der Waals surface area contributed by atoms with E-state index in [4.69, 9.17) is 5.73 Å². The predicted molar refractivity (Wildman–Crippen MR) is 78.4 cm³/mol. The number of anilines is 1. The van der Waals surface area contributed by atoms with Crippen LogP contribution in [0, 0.1) is 0 Å². The zero-order valence-corrected chi connectivity index (χ0v) is 11.7. The summed E-state index contributed by atoms with van der Waals surface area (Å²) in [6.45, 7) is 2.51. The number of carbonyl (C=O) groups excluding carboxylic acids is 1. The molecule has 5 heteroatoms. The first kappa shape index (κ1) is 13.7. The quantitative estimate of drug-likeness (QED) is 0.881. The summed E-state index contributed by atoms with van der Waals surface area (Å²) in [4.78, 5) is 16.1. The van der Waals surface area contributed by atoms with Gasteiger partial charge in [-0.15, -0.1) is 11.3 Å². The molecule has 0 aliphatic carbocycles. The van der Waals surface area contributed by atoms with Crippen LogP contribution < -0.4 is 11.1 Å². The number of aromatic nitrogens is 1. The van der Waals surface area contributed by atoms with Gasteiger partial charge < -0.3 is 11.1 Å². The van der Waals surface area contributed by atoms with Crippen molar-refractivity contribution in [3.8, 4) is 0 Å². The smallest absolute Gasteiger partial charge is 0.275 e. The van der Waals surface area contributed by atoms with Crippen molar-refractivity contribution in [3.05, 3.63) is 45.9 Å². The lowest BCUT2D eigenvalue weighted by Crippen LogP contribution is -2.12. The normalized spacial score (nSPS) is 10.4. The Kier molecular flexibility index (Phi) is 4.65. The summed E-state index contributed by atoms with van der Waals surface area (Å²) >= 11 is 1.40. The summed E-state index contributed by atoms with van der Waals surface area (Å²) in [5.74, 6) is -0.195. The molecule has 1 amide bonds. The predicted octanol–water partition coefficient (Wildman–Crippen LogP) is 2.81. The summed E-state index contributed by atoms with van der Waals surface area (Å²) in [6.07, 6.45) is 2.17. The Balaban J connectivity index is 2.01. The summed E-state index contributed by atoms with van der Waals surface area (Å²) < 4.78 is 0. The number of thiazole rings is 1. The van der Waals surface area contributed by atoms with Gasteiger partial charge in [0.2, 0.25) is 0 Å². The van der Waals surface area contributed by atoms with E-state index in [1.807, 2.05) is 24.3 Å². The van der Waals surface area contributed by atoms with Crippen molar-refractivity contribution in [3.63, 3.8) is 0 Å². The van der Waals surface area contributed by atoms with E-state index in [0.717, 1.165) is 23.5 Å². The third kappa shape index (κ3) is 3.62. The molecule has 100 valence electrons. The van der Waals surface area contributed by atoms with Gasteiger partial charge in [0.15, 0.2) is 0 Å². The van der Waals surface area contributed by atoms with Crippen molar-refractivity contribution >= 4 is 22.9 Å². The summed E-state index contributed by atoms with van der Waals surface area (Å²) in [6, 6.07) is 7.90. The van der Waals surface area contributed by atoms with E-state index in [9.17, 15) is 4.79 Å². The van der Waals surface area contributed by atoms with Crippen LogP contribution in [0.1, 0.15) is 34.4 Å². The molecule has 0 aliphatic heterocycles. The highest BCUT2D eigenvalue weighted by Gasteiger charge is 2.10. The van der Waals surface area contributed by atoms with Crippen molar-refractivity contribution in [2.24, 2.45) is 5.73 Å². The minimum Gasteiger partial charge on any atom is -0.325 e. The minimum absolute atomic E-state index is 0.195. The van der Waals surface area contributed by atoms with Crippen LogP contribution in [-0.2, 0) is 13.0 Å². The van der Waals surface area contributed by atoms with Crippen molar-refractivity contribution in [1.29, 1.82) is 0 Å². The number of amides is 1. The third-order valence-electron chi connectivity index (χ3n) is 2.71. The number of hydrogen-bond donors (Lipinski definition) is 2. The fourth-order valence-electron chi connectivity index (χ4n) is 1.75. The maximum absolute atomic E-state index is 11.9. The average Bonchev–Trinajstić information content (AvgIpc) is 2.90. The fourth-order valence-corrected chi connectivity index (χ4v) is 2.40. The number of hydrogen-bond acceptors (Lipinski definition) is 4. The number of nitrogens with two attached hydrogens (primary N) is 1. The van der Waals surface area contributed by atoms with E-state index in [0.29, 0.717) is 12.2 Å². The van der Waals surface area contributed by atoms with E-state index in [2.05, 4.69) is 17.2 Å². The van der Waals surface area contributed by atoms with Crippen LogP contribution in [0.15, 0.2) is 29.6 Å². The van der Waals surface area contributed by atoms with Crippen LogP contribution in [0.5, 0.6) is 0 Å². The van der Waals surface area contributed by atoms with E-state index >= 15 is 0 Å². The van der Waals surface area contributed by atoms with Gasteiger partial charge in [0.25, 0.3) is 5.91 Å². The Hall–Kier alpha value is -1.72. The molecule has 2 rings (SSSR count). The average molecular weight is 275 g/mol. The van der Waals surface area contributed by atoms with Crippen LogP contribution in [0.25, 0.3) is 0 Å². The van der Waals surface area contributed by atoms with Gasteiger partial charge in [-0.05, 0) is 24.1 Å². The standard InChI is InChI=1S/C14H17N3OS/c1-2-3-10-4-6-11(7-5-10)16-14(18)12-9-19-13(8-15)17-12/h4-7,9H,2-3,8,15H2,1H3,(H,16,18). The first-order valence-corrected chi connectivity index (χ1v) is 7.15. The molecule has 0 bridgehead atoms. The molecule has 3 N–H and O–H groups in total. The molecule has 2 aromatic rings. The molecule has 0 atom stereocenters. The molecule has 0 radical (unpaired) electrons. The van der Waals surface area contributed by atoms with Crippen molar-refractivity contribution in [2.45, 2.75) is 26.3 Å². The number of nitrogens with one attached hydrogen (secondary N) is 1. The molecular formula is C14H17N3OS. The van der Waals surface area contributed by atoms with Crippen molar-refractivity contribution in [1.82, 2.24) is 4.98 Å². The topological polar surface area (TPSA) is 68.0 Å². The van der Waals surface area contributed by atoms with Crippen LogP contribution in [0.4, 0.5) is 5.69 Å². The van der Waals surface area contributed by atoms with Gasteiger partial charge in [-0.1, -0.05) is 25.5 Å². The first-order chi connectivity index (χ1) is 9.22. The molecule has 0 unspecified atom stereocenters. The van der Waals surface area contributed by atoms with Crippen LogP contribution in [0.3, 0.4) is 0 Å². The Bertz CT molecular complexity index is 548. The molecule has 1 aromatic heterocycles. The lowest BCUT2D eigenvalue weighted by atomic mass is 10.1. The van der Waals surface area contributed by atoms with E-state index in [-0.39, 0.29) is 5.91 Å². The number of nitrogens with zero attached hydrogens (tertiary/aromatic N) is 1. The molecule has 1 heterocycles. The van der Waals surface area contributed by atoms with E-state index in [1.165, 1.54) is 16.9 Å². The number of carbonyl (C=O) groups is 1. The summed E-state index contributed by atoms with van der Waals surface area (Å²) in [5, 5.41) is 5.32. The van der Waals surface area contributed by atoms with Gasteiger partial charge in [-0.2, -0.15) is 0 Å². The number of benzene rings is 1. The molecule has 4 nitrogen and oxygen atoms in total. The molecule has 0 aliphatic rings. The Morgan fingerprint density at radius 2 is 2.11 bits per heavy atom. The Morgan fingerprint density at radius 1 is 1.37 bits per heavy atom. The summed E-state index contributed by atoms with van der Waals surface area (Å²) in [5.41, 5.74) is 7.96. The zero-order valence-electron chi connectivity index (χ0n) is 10.8. The SMILES string of the molecule is CCCc1ccc(NC(=O)c2csc(CN)n2)cc1. The van der Waals surface area contributed by atoms with Gasteiger partial charge in [0, 0.05) is 17.6 Å². The van der Waals surface area contributed by atoms with Crippen molar-refractivity contribution < 1.29 is 4.79 Å². The highest BCUT2D eigenvalue weighted by atomic mass is 32.1. The third-order valence-corrected chi connectivity index (χ3v) is 3.58. The van der Waals surface area contributed by atoms with Gasteiger partial charge in [-0.3, -0.25) is 4.79 Å². The monoisotopic (exact) mass is 275 g/mol. The molecular weight excluding hydrogens is 258 g/mol. The molecule has 0 spiro atoms. The van der Waals surface area contributed by atoms with Crippen LogP contribution >= 0.6 is 11.3 Å². The molecule has 19 heavy (non-hydrogen) atoms. The van der Waals surface area contributed by atoms with Crippen LogP contribution in [-0.4, -0.2) is 10.9 Å². The maximum atomic E-state index is 11.9. The molecule has 0 fully saturated rings. The molecule has 0 saturated carbocycles. The lowest BCUT2D eigenvalue weighted by Gasteiger charge is -2.04. The fraction of sp³-hybridized carbons (Fsp3) is 0.286. The van der Waals surface area contributed by atoms with Gasteiger partial charge in [0.1, 0.15) is 10.7 Å². The van der Waals surface area contributed by atoms with Crippen molar-refractivity contribution in [2.75, 3.05) is 5.32 Å². The highest BCUT2D eigenvalue weighted by molar-refractivity contribution is 7.09. The second-order valence-corrected chi connectivity index (χ2v) is 5.17. The second kappa shape index (κ2) is 6.45. The first-order valence-electron chi connectivity index (χ1n) is 6.27. The van der Waals surface area contributed by atoms with E-state index in [1.54, 1.807) is 5.38 Å². The zero-order chi connectivity index (χ0) is 13.7. The number of aryl methyl sites for hydroxylation is 1. The lowest BCUT2D eigenvalue weighted by molar-refractivity contribution is 0.102. The molecule has 1 aromatic carbocycles. The van der Waals surface area contributed by atoms with Crippen LogP contribution in [0.2, 0.25) is 0 Å².